The van der Waals surface area contributed by atoms with Crippen LogP contribution in [0.4, 0.5) is 5.69 Å². The molecule has 0 heterocycles. The van der Waals surface area contributed by atoms with Gasteiger partial charge in [0.05, 0.1) is 10.6 Å². The Morgan fingerprint density at radius 2 is 1.57 bits per heavy atom. The summed E-state index contributed by atoms with van der Waals surface area (Å²) in [5, 5.41) is 0. The Morgan fingerprint density at radius 1 is 1.21 bits per heavy atom. The molecule has 1 aromatic carbocycles. The van der Waals surface area contributed by atoms with Crippen molar-refractivity contribution in [2.24, 2.45) is 0 Å². The predicted molar refractivity (Wildman–Crippen MR) is 73.3 cm³/mol. The van der Waals surface area contributed by atoms with E-state index in [0.717, 1.165) is 0 Å². The quantitative estimate of drug-likeness (QED) is 0.282. The van der Waals surface area contributed by atoms with Crippen LogP contribution >= 0.6 is 45.2 Å². The zero-order chi connectivity index (χ0) is 10.2. The van der Waals surface area contributed by atoms with Gasteiger partial charge in [0.15, 0.2) is 0 Å². The molecule has 0 radical (unpaired) electrons. The summed E-state index contributed by atoms with van der Waals surface area (Å²) in [6, 6.07) is 2.65. The number of anilines is 1. The second-order valence-electron chi connectivity index (χ2n) is 2.28. The SMILES string of the molecule is Nc1c(I)cc(S(=O)(=O)O)cc1I.[KH]. The normalized spacial score (nSPS) is 10.8. The van der Waals surface area contributed by atoms with Crippen molar-refractivity contribution in [1.82, 2.24) is 0 Å². The average molecular weight is 465 g/mol. The van der Waals surface area contributed by atoms with E-state index in [-0.39, 0.29) is 56.3 Å². The molecule has 0 saturated carbocycles. The zero-order valence-corrected chi connectivity index (χ0v) is 11.3. The van der Waals surface area contributed by atoms with Crippen molar-refractivity contribution in [3.05, 3.63) is 19.3 Å². The molecule has 1 rings (SSSR count). The molecule has 4 nitrogen and oxygen atoms in total. The number of nitrogen functional groups attached to an aromatic ring is 1. The second kappa shape index (κ2) is 6.09. The van der Waals surface area contributed by atoms with Gasteiger partial charge in [-0.15, -0.1) is 0 Å². The third-order valence-corrected chi connectivity index (χ3v) is 3.97. The van der Waals surface area contributed by atoms with Crippen LogP contribution in [-0.4, -0.2) is 64.4 Å². The first-order valence-electron chi connectivity index (χ1n) is 3.04. The summed E-state index contributed by atoms with van der Waals surface area (Å²) in [4.78, 5) is -0.129. The molecule has 0 amide bonds. The Bertz CT molecular complexity index is 425. The number of benzene rings is 1. The molecule has 0 bridgehead atoms. The first kappa shape index (κ1) is 16.0. The molecular formula is C6H6I2KNO3S. The zero-order valence-electron chi connectivity index (χ0n) is 6.16. The van der Waals surface area contributed by atoms with Gasteiger partial charge in [-0.05, 0) is 57.3 Å². The van der Waals surface area contributed by atoms with Gasteiger partial charge < -0.3 is 5.73 Å². The summed E-state index contributed by atoms with van der Waals surface area (Å²) in [5.74, 6) is 0. The van der Waals surface area contributed by atoms with Gasteiger partial charge in [0, 0.05) is 7.14 Å². The number of rotatable bonds is 1. The maximum atomic E-state index is 10.8. The first-order valence-corrected chi connectivity index (χ1v) is 6.64. The van der Waals surface area contributed by atoms with E-state index in [0.29, 0.717) is 12.8 Å². The second-order valence-corrected chi connectivity index (χ2v) is 6.02. The van der Waals surface area contributed by atoms with Gasteiger partial charge in [0.25, 0.3) is 10.1 Å². The molecule has 14 heavy (non-hydrogen) atoms. The molecule has 0 aliphatic heterocycles. The van der Waals surface area contributed by atoms with Crippen LogP contribution in [0, 0.1) is 7.14 Å². The first-order chi connectivity index (χ1) is 5.82. The van der Waals surface area contributed by atoms with Crippen LogP contribution in [0.25, 0.3) is 0 Å². The molecule has 0 aromatic heterocycles. The molecule has 8 heteroatoms. The Morgan fingerprint density at radius 3 is 1.86 bits per heavy atom. The molecule has 0 spiro atoms. The van der Waals surface area contributed by atoms with Crippen molar-refractivity contribution in [3.8, 4) is 0 Å². The van der Waals surface area contributed by atoms with E-state index >= 15 is 0 Å². The van der Waals surface area contributed by atoms with E-state index in [1.807, 2.05) is 45.2 Å². The molecule has 0 atom stereocenters. The Hall–Kier alpha value is 2.03. The van der Waals surface area contributed by atoms with Gasteiger partial charge >= 0.3 is 51.4 Å². The standard InChI is InChI=1S/C6H5I2NO3S.K.H/c7-4-1-3(13(10,11)12)2-5(8)6(4)9;;/h1-2H,9H2,(H,10,11,12);;. The average Bonchev–Trinajstić information content (AvgIpc) is 1.97. The monoisotopic (exact) mass is 465 g/mol. The van der Waals surface area contributed by atoms with Crippen molar-refractivity contribution in [3.63, 3.8) is 0 Å². The van der Waals surface area contributed by atoms with Gasteiger partial charge in [-0.25, -0.2) is 0 Å². The molecule has 0 aliphatic carbocycles. The molecule has 74 valence electrons. The summed E-state index contributed by atoms with van der Waals surface area (Å²) < 4.78 is 31.5. The number of nitrogens with two attached hydrogens (primary N) is 1. The summed E-state index contributed by atoms with van der Waals surface area (Å²) in [5.41, 5.74) is 6.12. The molecule has 3 N–H and O–H groups in total. The predicted octanol–water partition coefficient (Wildman–Crippen LogP) is 1.08. The topological polar surface area (TPSA) is 80.4 Å². The van der Waals surface area contributed by atoms with E-state index in [1.54, 1.807) is 0 Å². The molecule has 1 aromatic rings. The third-order valence-electron chi connectivity index (χ3n) is 1.35. The van der Waals surface area contributed by atoms with Gasteiger partial charge in [0.1, 0.15) is 0 Å². The maximum absolute atomic E-state index is 10.8. The van der Waals surface area contributed by atoms with Gasteiger partial charge in [-0.1, -0.05) is 0 Å². The van der Waals surface area contributed by atoms with Crippen LogP contribution in [0.5, 0.6) is 0 Å². The molecular weight excluding hydrogens is 459 g/mol. The van der Waals surface area contributed by atoms with Gasteiger partial charge in [-0.3, -0.25) is 4.55 Å². The van der Waals surface area contributed by atoms with Crippen LogP contribution in [0.1, 0.15) is 0 Å². The molecule has 0 aliphatic rings. The fourth-order valence-electron chi connectivity index (χ4n) is 0.710. The van der Waals surface area contributed by atoms with Crippen molar-refractivity contribution in [2.45, 2.75) is 4.90 Å². The van der Waals surface area contributed by atoms with Gasteiger partial charge in [-0.2, -0.15) is 8.42 Å². The van der Waals surface area contributed by atoms with Crippen molar-refractivity contribution in [1.29, 1.82) is 0 Å². The number of hydrogen-bond donors (Lipinski definition) is 2. The number of halogens is 2. The summed E-state index contributed by atoms with van der Waals surface area (Å²) in [7, 11) is -4.13. The van der Waals surface area contributed by atoms with Crippen molar-refractivity contribution in [2.75, 3.05) is 5.73 Å². The Labute approximate surface area is 152 Å². The van der Waals surface area contributed by atoms with Crippen LogP contribution in [0.2, 0.25) is 0 Å². The van der Waals surface area contributed by atoms with E-state index in [4.69, 9.17) is 10.3 Å². The Balaban J connectivity index is 0.00000169. The molecule has 0 saturated heterocycles. The van der Waals surface area contributed by atoms with E-state index in [1.165, 1.54) is 12.1 Å². The van der Waals surface area contributed by atoms with E-state index in [9.17, 15) is 8.42 Å². The molecule has 0 unspecified atom stereocenters. The van der Waals surface area contributed by atoms with Gasteiger partial charge in [0.2, 0.25) is 0 Å². The fraction of sp³-hybridized carbons (Fsp3) is 0. The van der Waals surface area contributed by atoms with Crippen LogP contribution in [0.15, 0.2) is 17.0 Å². The van der Waals surface area contributed by atoms with E-state index < -0.39 is 10.1 Å². The van der Waals surface area contributed by atoms with E-state index in [2.05, 4.69) is 0 Å². The minimum atomic E-state index is -4.13. The van der Waals surface area contributed by atoms with Crippen molar-refractivity contribution >= 4 is 112 Å². The minimum absolute atomic E-state index is 0. The fourth-order valence-corrected chi connectivity index (χ4v) is 3.43. The molecule has 0 fully saturated rings. The Kier molecular flexibility index (Phi) is 6.98. The van der Waals surface area contributed by atoms with Crippen LogP contribution in [-0.2, 0) is 10.1 Å². The number of hydrogen-bond acceptors (Lipinski definition) is 3. The van der Waals surface area contributed by atoms with Crippen LogP contribution < -0.4 is 5.73 Å². The summed E-state index contributed by atoms with van der Waals surface area (Å²) >= 11 is 3.82. The third kappa shape index (κ3) is 4.12. The van der Waals surface area contributed by atoms with Crippen LogP contribution in [0.3, 0.4) is 0 Å². The summed E-state index contributed by atoms with van der Waals surface area (Å²) in [6.07, 6.45) is 0. The van der Waals surface area contributed by atoms with Crippen molar-refractivity contribution < 1.29 is 13.0 Å². The summed E-state index contributed by atoms with van der Waals surface area (Å²) in [6.45, 7) is 0.